The van der Waals surface area contributed by atoms with Gasteiger partial charge in [0.2, 0.25) is 0 Å². The lowest BCUT2D eigenvalue weighted by Gasteiger charge is -2.20. The molecule has 1 N–H and O–H groups in total. The SMILES string of the molecule is CCc1ccccc1O[C@H](C)C(=O)N[C@@H](C)CCc1ccccc1. The third-order valence-electron chi connectivity index (χ3n) is 4.12. The smallest absolute Gasteiger partial charge is 0.260 e. The summed E-state index contributed by atoms with van der Waals surface area (Å²) in [6.45, 7) is 5.91. The molecule has 0 heterocycles. The fourth-order valence-corrected chi connectivity index (χ4v) is 2.62. The quantitative estimate of drug-likeness (QED) is 0.791. The van der Waals surface area contributed by atoms with E-state index in [2.05, 4.69) is 24.4 Å². The van der Waals surface area contributed by atoms with Gasteiger partial charge in [0, 0.05) is 6.04 Å². The molecule has 0 saturated heterocycles. The lowest BCUT2D eigenvalue weighted by molar-refractivity contribution is -0.127. The molecule has 128 valence electrons. The van der Waals surface area contributed by atoms with Crippen LogP contribution in [0.3, 0.4) is 0 Å². The molecule has 2 atom stereocenters. The van der Waals surface area contributed by atoms with Crippen molar-refractivity contribution < 1.29 is 9.53 Å². The topological polar surface area (TPSA) is 38.3 Å². The first-order chi connectivity index (χ1) is 11.6. The summed E-state index contributed by atoms with van der Waals surface area (Å²) in [6.07, 6.45) is 2.25. The molecule has 0 unspecified atom stereocenters. The summed E-state index contributed by atoms with van der Waals surface area (Å²) in [4.78, 5) is 12.3. The molecule has 0 saturated carbocycles. The molecule has 0 aromatic heterocycles. The first-order valence-electron chi connectivity index (χ1n) is 8.69. The van der Waals surface area contributed by atoms with Crippen LogP contribution < -0.4 is 10.1 Å². The van der Waals surface area contributed by atoms with Gasteiger partial charge in [-0.1, -0.05) is 55.5 Å². The Balaban J connectivity index is 1.82. The molecular formula is C21H27NO2. The number of amides is 1. The molecule has 0 aliphatic rings. The molecule has 2 rings (SSSR count). The van der Waals surface area contributed by atoms with Crippen molar-refractivity contribution in [2.24, 2.45) is 0 Å². The molecule has 0 radical (unpaired) electrons. The molecule has 3 nitrogen and oxygen atoms in total. The number of para-hydroxylation sites is 1. The van der Waals surface area contributed by atoms with Crippen molar-refractivity contribution in [3.05, 3.63) is 65.7 Å². The zero-order chi connectivity index (χ0) is 17.4. The summed E-state index contributed by atoms with van der Waals surface area (Å²) in [5.74, 6) is 0.723. The van der Waals surface area contributed by atoms with E-state index < -0.39 is 6.10 Å². The molecule has 1 amide bonds. The highest BCUT2D eigenvalue weighted by Gasteiger charge is 2.17. The van der Waals surface area contributed by atoms with Crippen LogP contribution in [0.4, 0.5) is 0 Å². The second-order valence-electron chi connectivity index (χ2n) is 6.16. The predicted molar refractivity (Wildman–Crippen MR) is 98.3 cm³/mol. The first-order valence-corrected chi connectivity index (χ1v) is 8.69. The molecule has 3 heteroatoms. The minimum Gasteiger partial charge on any atom is -0.481 e. The number of nitrogens with one attached hydrogen (secondary N) is 1. The van der Waals surface area contributed by atoms with Crippen molar-refractivity contribution in [3.63, 3.8) is 0 Å². The van der Waals surface area contributed by atoms with Gasteiger partial charge in [0.1, 0.15) is 5.75 Å². The van der Waals surface area contributed by atoms with Crippen LogP contribution in [0.2, 0.25) is 0 Å². The van der Waals surface area contributed by atoms with E-state index in [0.717, 1.165) is 30.6 Å². The number of rotatable bonds is 8. The van der Waals surface area contributed by atoms with Crippen molar-refractivity contribution >= 4 is 5.91 Å². The Hall–Kier alpha value is -2.29. The van der Waals surface area contributed by atoms with E-state index in [1.807, 2.05) is 49.4 Å². The zero-order valence-corrected chi connectivity index (χ0v) is 14.8. The van der Waals surface area contributed by atoms with Gasteiger partial charge in [-0.3, -0.25) is 4.79 Å². The fraction of sp³-hybridized carbons (Fsp3) is 0.381. The summed E-state index contributed by atoms with van der Waals surface area (Å²) >= 11 is 0. The number of ether oxygens (including phenoxy) is 1. The monoisotopic (exact) mass is 325 g/mol. The zero-order valence-electron chi connectivity index (χ0n) is 14.8. The first kappa shape index (κ1) is 18.1. The summed E-state index contributed by atoms with van der Waals surface area (Å²) in [5.41, 5.74) is 2.41. The van der Waals surface area contributed by atoms with Gasteiger partial charge in [0.15, 0.2) is 6.10 Å². The lowest BCUT2D eigenvalue weighted by atomic mass is 10.1. The van der Waals surface area contributed by atoms with Gasteiger partial charge < -0.3 is 10.1 Å². The maximum Gasteiger partial charge on any atom is 0.260 e. The van der Waals surface area contributed by atoms with E-state index in [-0.39, 0.29) is 11.9 Å². The Morgan fingerprint density at radius 2 is 1.71 bits per heavy atom. The van der Waals surface area contributed by atoms with Gasteiger partial charge in [0.05, 0.1) is 0 Å². The number of benzene rings is 2. The van der Waals surface area contributed by atoms with Gasteiger partial charge in [-0.2, -0.15) is 0 Å². The highest BCUT2D eigenvalue weighted by molar-refractivity contribution is 5.81. The van der Waals surface area contributed by atoms with Crippen LogP contribution in [0.1, 0.15) is 38.3 Å². The van der Waals surface area contributed by atoms with E-state index in [1.165, 1.54) is 5.56 Å². The van der Waals surface area contributed by atoms with Gasteiger partial charge in [-0.25, -0.2) is 0 Å². The van der Waals surface area contributed by atoms with Crippen LogP contribution in [0, 0.1) is 0 Å². The van der Waals surface area contributed by atoms with E-state index in [9.17, 15) is 4.79 Å². The second kappa shape index (κ2) is 9.11. The standard InChI is InChI=1S/C21H27NO2/c1-4-19-12-8-9-13-20(19)24-17(3)21(23)22-16(2)14-15-18-10-6-5-7-11-18/h5-13,16-17H,4,14-15H2,1-3H3,(H,22,23)/t16-,17+/m0/s1. The number of carbonyl (C=O) groups excluding carboxylic acids is 1. The number of hydrogen-bond acceptors (Lipinski definition) is 2. The Morgan fingerprint density at radius 3 is 2.42 bits per heavy atom. The summed E-state index contributed by atoms with van der Waals surface area (Å²) < 4.78 is 5.85. The van der Waals surface area contributed by atoms with Crippen LogP contribution in [0.5, 0.6) is 5.75 Å². The highest BCUT2D eigenvalue weighted by atomic mass is 16.5. The van der Waals surface area contributed by atoms with E-state index >= 15 is 0 Å². The van der Waals surface area contributed by atoms with Crippen molar-refractivity contribution in [1.29, 1.82) is 0 Å². The fourth-order valence-electron chi connectivity index (χ4n) is 2.62. The van der Waals surface area contributed by atoms with Crippen LogP contribution in [0.15, 0.2) is 54.6 Å². The minimum atomic E-state index is -0.503. The average molecular weight is 325 g/mol. The van der Waals surface area contributed by atoms with E-state index in [4.69, 9.17) is 4.74 Å². The van der Waals surface area contributed by atoms with Gasteiger partial charge in [-0.15, -0.1) is 0 Å². The normalized spacial score (nSPS) is 13.1. The predicted octanol–water partition coefficient (Wildman–Crippen LogP) is 4.15. The van der Waals surface area contributed by atoms with Crippen molar-refractivity contribution in [1.82, 2.24) is 5.32 Å². The summed E-state index contributed by atoms with van der Waals surface area (Å²) in [5, 5.41) is 3.04. The van der Waals surface area contributed by atoms with Crippen molar-refractivity contribution in [2.45, 2.75) is 52.2 Å². The number of aryl methyl sites for hydroxylation is 2. The summed E-state index contributed by atoms with van der Waals surface area (Å²) in [7, 11) is 0. The van der Waals surface area contributed by atoms with Gasteiger partial charge in [0.25, 0.3) is 5.91 Å². The third kappa shape index (κ3) is 5.41. The maximum absolute atomic E-state index is 12.3. The van der Waals surface area contributed by atoms with Crippen LogP contribution in [-0.4, -0.2) is 18.1 Å². The Bertz CT molecular complexity index is 639. The van der Waals surface area contributed by atoms with Crippen LogP contribution in [0.25, 0.3) is 0 Å². The molecule has 0 aliphatic heterocycles. The molecule has 0 bridgehead atoms. The molecule has 0 fully saturated rings. The van der Waals surface area contributed by atoms with Gasteiger partial charge >= 0.3 is 0 Å². The van der Waals surface area contributed by atoms with E-state index in [1.54, 1.807) is 6.92 Å². The van der Waals surface area contributed by atoms with Crippen LogP contribution in [-0.2, 0) is 17.6 Å². The molecular weight excluding hydrogens is 298 g/mol. The Kier molecular flexibility index (Phi) is 6.86. The van der Waals surface area contributed by atoms with Crippen LogP contribution >= 0.6 is 0 Å². The maximum atomic E-state index is 12.3. The highest BCUT2D eigenvalue weighted by Crippen LogP contribution is 2.19. The Labute approximate surface area is 145 Å². The molecule has 2 aromatic rings. The van der Waals surface area contributed by atoms with Crippen molar-refractivity contribution in [2.75, 3.05) is 0 Å². The molecule has 2 aromatic carbocycles. The molecule has 0 aliphatic carbocycles. The minimum absolute atomic E-state index is 0.0681. The molecule has 0 spiro atoms. The molecule has 24 heavy (non-hydrogen) atoms. The van der Waals surface area contributed by atoms with Crippen molar-refractivity contribution in [3.8, 4) is 5.75 Å². The lowest BCUT2D eigenvalue weighted by Crippen LogP contribution is -2.41. The third-order valence-corrected chi connectivity index (χ3v) is 4.12. The number of carbonyl (C=O) groups is 1. The largest absolute Gasteiger partial charge is 0.481 e. The Morgan fingerprint density at radius 1 is 1.04 bits per heavy atom. The second-order valence-corrected chi connectivity index (χ2v) is 6.16. The van der Waals surface area contributed by atoms with Gasteiger partial charge in [-0.05, 0) is 50.3 Å². The average Bonchev–Trinajstić information content (AvgIpc) is 2.61. The summed E-state index contributed by atoms with van der Waals surface area (Å²) in [6, 6.07) is 18.3. The number of hydrogen-bond donors (Lipinski definition) is 1. The van der Waals surface area contributed by atoms with E-state index in [0.29, 0.717) is 0 Å².